The van der Waals surface area contributed by atoms with Gasteiger partial charge in [-0.15, -0.1) is 4.91 Å². The van der Waals surface area contributed by atoms with Gasteiger partial charge in [-0.05, 0) is 31.4 Å². The van der Waals surface area contributed by atoms with Crippen LogP contribution in [-0.2, 0) is 0 Å². The third-order valence-corrected chi connectivity index (χ3v) is 4.24. The number of rotatable bonds is 5. The van der Waals surface area contributed by atoms with Crippen LogP contribution in [0.15, 0.2) is 28.3 Å². The molecule has 0 N–H and O–H groups in total. The van der Waals surface area contributed by atoms with E-state index in [0.717, 1.165) is 17.9 Å². The summed E-state index contributed by atoms with van der Waals surface area (Å²) in [5.74, 6) is 0.491. The van der Waals surface area contributed by atoms with Crippen molar-refractivity contribution in [3.8, 4) is 0 Å². The SMILES string of the molecule is CN(C)CCC[N+]1([O-])CSc2ccc(N=O)cc21. The van der Waals surface area contributed by atoms with E-state index >= 15 is 0 Å². The van der Waals surface area contributed by atoms with E-state index in [1.54, 1.807) is 23.9 Å². The predicted molar refractivity (Wildman–Crippen MR) is 75.8 cm³/mol. The van der Waals surface area contributed by atoms with Crippen LogP contribution in [0.25, 0.3) is 0 Å². The molecule has 1 aromatic carbocycles. The fourth-order valence-electron chi connectivity index (χ4n) is 2.07. The summed E-state index contributed by atoms with van der Waals surface area (Å²) in [4.78, 5) is 13.6. The maximum atomic E-state index is 12.7. The highest BCUT2D eigenvalue weighted by atomic mass is 32.2. The van der Waals surface area contributed by atoms with Crippen LogP contribution in [-0.4, -0.2) is 38.0 Å². The van der Waals surface area contributed by atoms with Crippen molar-refractivity contribution in [3.05, 3.63) is 28.3 Å². The maximum absolute atomic E-state index is 12.7. The number of thioether (sulfide) groups is 1. The van der Waals surface area contributed by atoms with Gasteiger partial charge in [-0.1, -0.05) is 11.8 Å². The number of nitrogens with zero attached hydrogens (tertiary/aromatic N) is 3. The number of fused-ring (bicyclic) bond motifs is 1. The molecule has 0 fully saturated rings. The van der Waals surface area contributed by atoms with E-state index in [1.807, 2.05) is 20.2 Å². The van der Waals surface area contributed by atoms with Crippen molar-refractivity contribution in [2.75, 3.05) is 33.1 Å². The zero-order chi connectivity index (χ0) is 13.2. The minimum Gasteiger partial charge on any atom is -0.627 e. The summed E-state index contributed by atoms with van der Waals surface area (Å²) in [5.41, 5.74) is 1.03. The molecule has 1 unspecified atom stereocenters. The quantitative estimate of drug-likeness (QED) is 0.467. The van der Waals surface area contributed by atoms with Crippen LogP contribution < -0.4 is 4.65 Å². The Morgan fingerprint density at radius 1 is 1.50 bits per heavy atom. The van der Waals surface area contributed by atoms with Crippen LogP contribution in [0.4, 0.5) is 11.4 Å². The highest BCUT2D eigenvalue weighted by Gasteiger charge is 2.31. The van der Waals surface area contributed by atoms with Gasteiger partial charge >= 0.3 is 0 Å². The molecule has 0 saturated carbocycles. The van der Waals surface area contributed by atoms with Crippen LogP contribution in [0, 0.1) is 10.1 Å². The maximum Gasteiger partial charge on any atom is 0.149 e. The minimum atomic E-state index is -0.350. The Hall–Kier alpha value is -0.950. The molecular formula is C12H17N3O2S. The molecule has 6 heteroatoms. The second-order valence-corrected chi connectivity index (χ2v) is 5.77. The van der Waals surface area contributed by atoms with E-state index in [1.165, 1.54) is 0 Å². The van der Waals surface area contributed by atoms with Crippen molar-refractivity contribution in [3.63, 3.8) is 0 Å². The van der Waals surface area contributed by atoms with Crippen molar-refractivity contribution in [1.82, 2.24) is 9.55 Å². The summed E-state index contributed by atoms with van der Waals surface area (Å²) in [5, 5.41) is 15.6. The Labute approximate surface area is 111 Å². The van der Waals surface area contributed by atoms with Gasteiger partial charge in [-0.3, -0.25) is 0 Å². The Morgan fingerprint density at radius 2 is 2.28 bits per heavy atom. The van der Waals surface area contributed by atoms with E-state index in [2.05, 4.69) is 10.1 Å². The van der Waals surface area contributed by atoms with Gasteiger partial charge in [0.05, 0.1) is 11.4 Å². The molecule has 0 saturated heterocycles. The highest BCUT2D eigenvalue weighted by Crippen LogP contribution is 2.44. The van der Waals surface area contributed by atoms with Crippen LogP contribution in [0.3, 0.4) is 0 Å². The molecule has 2 rings (SSSR count). The Kier molecular flexibility index (Phi) is 4.01. The second kappa shape index (κ2) is 5.36. The molecule has 5 nitrogen and oxygen atoms in total. The van der Waals surface area contributed by atoms with Crippen molar-refractivity contribution < 1.29 is 0 Å². The molecule has 0 aliphatic carbocycles. The van der Waals surface area contributed by atoms with Gasteiger partial charge in [-0.25, -0.2) is 0 Å². The number of quaternary nitrogens is 1. The van der Waals surface area contributed by atoms with Crippen molar-refractivity contribution >= 4 is 23.1 Å². The average molecular weight is 267 g/mol. The summed E-state index contributed by atoms with van der Waals surface area (Å²) in [6.45, 7) is 1.44. The smallest absolute Gasteiger partial charge is 0.149 e. The number of hydroxylamine groups is 2. The van der Waals surface area contributed by atoms with Gasteiger partial charge in [0.25, 0.3) is 0 Å². The van der Waals surface area contributed by atoms with Crippen LogP contribution in [0.5, 0.6) is 0 Å². The van der Waals surface area contributed by atoms with Gasteiger partial charge in [-0.2, -0.15) is 0 Å². The van der Waals surface area contributed by atoms with E-state index in [0.29, 0.717) is 23.8 Å². The first-order chi connectivity index (χ1) is 8.55. The van der Waals surface area contributed by atoms with E-state index < -0.39 is 0 Å². The summed E-state index contributed by atoms with van der Waals surface area (Å²) >= 11 is 1.56. The number of hydrogen-bond donors (Lipinski definition) is 0. The minimum absolute atomic E-state index is 0.335. The molecule has 0 aromatic heterocycles. The lowest BCUT2D eigenvalue weighted by Crippen LogP contribution is -2.42. The standard InChI is InChI=1S/C12H17N3O2S/c1-14(2)6-3-7-15(17)9-18-12-5-4-10(13-16)8-11(12)15/h4-5,8H,3,6-7,9H2,1-2H3. The van der Waals surface area contributed by atoms with Gasteiger partial charge in [0.2, 0.25) is 0 Å². The number of benzene rings is 1. The Balaban J connectivity index is 2.15. The van der Waals surface area contributed by atoms with Crippen LogP contribution >= 0.6 is 11.8 Å². The van der Waals surface area contributed by atoms with Crippen molar-refractivity contribution in [2.45, 2.75) is 11.3 Å². The molecular weight excluding hydrogens is 250 g/mol. The largest absolute Gasteiger partial charge is 0.627 e. The lowest BCUT2D eigenvalue weighted by atomic mass is 10.2. The van der Waals surface area contributed by atoms with E-state index in [4.69, 9.17) is 0 Å². The lowest BCUT2D eigenvalue weighted by molar-refractivity contribution is 0.351. The second-order valence-electron chi connectivity index (χ2n) is 4.79. The van der Waals surface area contributed by atoms with E-state index in [9.17, 15) is 10.1 Å². The summed E-state index contributed by atoms with van der Waals surface area (Å²) in [6, 6.07) is 5.11. The van der Waals surface area contributed by atoms with E-state index in [-0.39, 0.29) is 4.65 Å². The first-order valence-corrected chi connectivity index (χ1v) is 6.87. The summed E-state index contributed by atoms with van der Waals surface area (Å²) in [7, 11) is 3.99. The molecule has 98 valence electrons. The van der Waals surface area contributed by atoms with Crippen LogP contribution in [0.1, 0.15) is 6.42 Å². The molecule has 18 heavy (non-hydrogen) atoms. The van der Waals surface area contributed by atoms with Gasteiger partial charge in [0.1, 0.15) is 17.3 Å². The average Bonchev–Trinajstić information content (AvgIpc) is 2.66. The van der Waals surface area contributed by atoms with Gasteiger partial charge in [0.15, 0.2) is 0 Å². The zero-order valence-electron chi connectivity index (χ0n) is 10.6. The molecule has 0 radical (unpaired) electrons. The molecule has 1 heterocycles. The van der Waals surface area contributed by atoms with Gasteiger partial charge in [0, 0.05) is 19.0 Å². The molecule has 1 atom stereocenters. The van der Waals surface area contributed by atoms with Gasteiger partial charge < -0.3 is 14.8 Å². The van der Waals surface area contributed by atoms with Crippen molar-refractivity contribution in [2.24, 2.45) is 5.18 Å². The first kappa shape index (κ1) is 13.5. The molecule has 0 bridgehead atoms. The first-order valence-electron chi connectivity index (χ1n) is 5.89. The Bertz CT molecular complexity index is 453. The third kappa shape index (κ3) is 2.72. The normalized spacial score (nSPS) is 22.2. The highest BCUT2D eigenvalue weighted by molar-refractivity contribution is 7.99. The molecule has 0 spiro atoms. The van der Waals surface area contributed by atoms with Crippen LogP contribution in [0.2, 0.25) is 0 Å². The zero-order valence-corrected chi connectivity index (χ0v) is 11.4. The topological polar surface area (TPSA) is 55.7 Å². The third-order valence-electron chi connectivity index (χ3n) is 3.04. The summed E-state index contributed by atoms with van der Waals surface area (Å²) in [6.07, 6.45) is 0.843. The fourth-order valence-corrected chi connectivity index (χ4v) is 3.23. The Morgan fingerprint density at radius 3 is 2.94 bits per heavy atom. The molecule has 1 aliphatic rings. The lowest BCUT2D eigenvalue weighted by Gasteiger charge is -2.38. The van der Waals surface area contributed by atoms with Crippen molar-refractivity contribution in [1.29, 1.82) is 0 Å². The molecule has 0 amide bonds. The summed E-state index contributed by atoms with van der Waals surface area (Å²) < 4.78 is -0.350. The molecule has 1 aromatic rings. The number of nitroso groups, excluding NO2 is 1. The number of hydrogen-bond acceptors (Lipinski definition) is 5. The molecule has 1 aliphatic heterocycles. The monoisotopic (exact) mass is 267 g/mol. The fraction of sp³-hybridized carbons (Fsp3) is 0.500. The predicted octanol–water partition coefficient (Wildman–Crippen LogP) is 2.90.